The maximum absolute atomic E-state index is 2.30. The fourth-order valence-electron chi connectivity index (χ4n) is 4.17. The molecule has 0 N–H and O–H groups in total. The zero-order valence-corrected chi connectivity index (χ0v) is 13.4. The number of benzene rings is 4. The van der Waals surface area contributed by atoms with Crippen molar-refractivity contribution in [3.05, 3.63) is 108 Å². The van der Waals surface area contributed by atoms with Crippen molar-refractivity contribution in [1.82, 2.24) is 0 Å². The lowest BCUT2D eigenvalue weighted by molar-refractivity contribution is 0.832. The molecule has 0 nitrogen and oxygen atoms in total. The van der Waals surface area contributed by atoms with E-state index < -0.39 is 0 Å². The van der Waals surface area contributed by atoms with Crippen LogP contribution in [0.1, 0.15) is 22.6 Å². The molecule has 0 saturated carbocycles. The lowest BCUT2D eigenvalue weighted by Crippen LogP contribution is -2.01. The van der Waals surface area contributed by atoms with Crippen molar-refractivity contribution >= 4 is 10.8 Å². The number of rotatable bonds is 2. The maximum atomic E-state index is 2.30. The van der Waals surface area contributed by atoms with Gasteiger partial charge in [0.25, 0.3) is 0 Å². The van der Waals surface area contributed by atoms with Crippen molar-refractivity contribution in [2.24, 2.45) is 0 Å². The zero-order valence-electron chi connectivity index (χ0n) is 13.4. The highest BCUT2D eigenvalue weighted by Crippen LogP contribution is 2.46. The van der Waals surface area contributed by atoms with E-state index in [0.29, 0.717) is 5.92 Å². The molecule has 0 aromatic heterocycles. The molecule has 24 heavy (non-hydrogen) atoms. The molecule has 5 rings (SSSR count). The quantitative estimate of drug-likeness (QED) is 0.414. The molecule has 1 aliphatic rings. The summed E-state index contributed by atoms with van der Waals surface area (Å²) in [5, 5.41) is 2.71. The van der Waals surface area contributed by atoms with E-state index in [1.54, 1.807) is 0 Å². The highest BCUT2D eigenvalue weighted by molar-refractivity contribution is 5.86. The molecule has 0 heterocycles. The summed E-state index contributed by atoms with van der Waals surface area (Å²) in [6.45, 7) is 0. The second kappa shape index (κ2) is 5.35. The van der Waals surface area contributed by atoms with Crippen LogP contribution in [0.15, 0.2) is 91.0 Å². The SMILES string of the molecule is c1ccc2c(c1)-c1ccccc1C2Cc1cccc2ccccc12. The topological polar surface area (TPSA) is 0 Å². The molecule has 0 radical (unpaired) electrons. The Hall–Kier alpha value is -2.86. The lowest BCUT2D eigenvalue weighted by Gasteiger charge is -2.15. The molecule has 0 atom stereocenters. The summed E-state index contributed by atoms with van der Waals surface area (Å²) in [6, 6.07) is 33.1. The Morgan fingerprint density at radius 1 is 0.542 bits per heavy atom. The van der Waals surface area contributed by atoms with E-state index in [-0.39, 0.29) is 0 Å². The van der Waals surface area contributed by atoms with Gasteiger partial charge >= 0.3 is 0 Å². The van der Waals surface area contributed by atoms with Gasteiger partial charge in [-0.3, -0.25) is 0 Å². The van der Waals surface area contributed by atoms with Crippen LogP contribution in [0.25, 0.3) is 21.9 Å². The fraction of sp³-hybridized carbons (Fsp3) is 0.0833. The van der Waals surface area contributed by atoms with Crippen molar-refractivity contribution in [3.8, 4) is 11.1 Å². The molecule has 0 amide bonds. The van der Waals surface area contributed by atoms with Crippen molar-refractivity contribution in [2.75, 3.05) is 0 Å². The average molecular weight is 306 g/mol. The number of fused-ring (bicyclic) bond motifs is 4. The molecule has 0 fully saturated rings. The smallest absolute Gasteiger partial charge is 0.0142 e. The summed E-state index contributed by atoms with van der Waals surface area (Å²) in [5.41, 5.74) is 7.17. The first-order valence-corrected chi connectivity index (χ1v) is 8.57. The van der Waals surface area contributed by atoms with Crippen molar-refractivity contribution in [3.63, 3.8) is 0 Å². The van der Waals surface area contributed by atoms with E-state index in [1.165, 1.54) is 38.6 Å². The van der Waals surface area contributed by atoms with Gasteiger partial charge in [0, 0.05) is 5.92 Å². The van der Waals surface area contributed by atoms with Crippen LogP contribution in [-0.4, -0.2) is 0 Å². The standard InChI is InChI=1S/C24H18/c1-2-11-19-17(8-1)9-7-10-18(19)16-24-22-14-5-3-12-20(22)21-13-4-6-15-23(21)24/h1-15,24H,16H2. The molecule has 0 aliphatic heterocycles. The van der Waals surface area contributed by atoms with Crippen LogP contribution in [0.4, 0.5) is 0 Å². The molecule has 0 spiro atoms. The Bertz CT molecular complexity index is 992. The van der Waals surface area contributed by atoms with Crippen molar-refractivity contribution in [2.45, 2.75) is 12.3 Å². The number of hydrogen-bond donors (Lipinski definition) is 0. The molecular weight excluding hydrogens is 288 g/mol. The Balaban J connectivity index is 1.67. The summed E-state index contributed by atoms with van der Waals surface area (Å²) in [6.07, 6.45) is 1.05. The Morgan fingerprint density at radius 2 is 1.12 bits per heavy atom. The van der Waals surface area contributed by atoms with Gasteiger partial charge in [-0.15, -0.1) is 0 Å². The lowest BCUT2D eigenvalue weighted by atomic mass is 9.88. The van der Waals surface area contributed by atoms with Gasteiger partial charge in [0.1, 0.15) is 0 Å². The minimum Gasteiger partial charge on any atom is -0.0619 e. The van der Waals surface area contributed by atoms with Gasteiger partial charge in [0.05, 0.1) is 0 Å². The predicted octanol–water partition coefficient (Wildman–Crippen LogP) is 6.19. The number of hydrogen-bond acceptors (Lipinski definition) is 0. The third-order valence-corrected chi connectivity index (χ3v) is 5.27. The Labute approximate surface area is 142 Å². The molecule has 1 aliphatic carbocycles. The van der Waals surface area contributed by atoms with Crippen LogP contribution in [-0.2, 0) is 6.42 Å². The Kier molecular flexibility index (Phi) is 3.02. The van der Waals surface area contributed by atoms with Gasteiger partial charge in [-0.05, 0) is 45.0 Å². The van der Waals surface area contributed by atoms with Gasteiger partial charge in [0.2, 0.25) is 0 Å². The second-order valence-corrected chi connectivity index (χ2v) is 6.57. The van der Waals surface area contributed by atoms with Gasteiger partial charge in [0.15, 0.2) is 0 Å². The van der Waals surface area contributed by atoms with Crippen molar-refractivity contribution < 1.29 is 0 Å². The molecule has 0 saturated heterocycles. The normalized spacial score (nSPS) is 13.0. The van der Waals surface area contributed by atoms with E-state index in [0.717, 1.165) is 6.42 Å². The fourth-order valence-corrected chi connectivity index (χ4v) is 4.17. The summed E-state index contributed by atoms with van der Waals surface area (Å²) in [4.78, 5) is 0. The van der Waals surface area contributed by atoms with Gasteiger partial charge in [-0.25, -0.2) is 0 Å². The molecule has 114 valence electrons. The van der Waals surface area contributed by atoms with Crippen molar-refractivity contribution in [1.29, 1.82) is 0 Å². The van der Waals surface area contributed by atoms with E-state index in [4.69, 9.17) is 0 Å². The summed E-state index contributed by atoms with van der Waals surface area (Å²) < 4.78 is 0. The van der Waals surface area contributed by atoms with Crippen LogP contribution in [0, 0.1) is 0 Å². The molecular formula is C24H18. The van der Waals surface area contributed by atoms with Crippen LogP contribution in [0.5, 0.6) is 0 Å². The van der Waals surface area contributed by atoms with Crippen LogP contribution in [0.2, 0.25) is 0 Å². The van der Waals surface area contributed by atoms with E-state index in [1.807, 2.05) is 0 Å². The Morgan fingerprint density at radius 3 is 1.88 bits per heavy atom. The van der Waals surface area contributed by atoms with Gasteiger partial charge in [-0.1, -0.05) is 91.0 Å². The largest absolute Gasteiger partial charge is 0.0619 e. The highest BCUT2D eigenvalue weighted by Gasteiger charge is 2.28. The minimum atomic E-state index is 0.447. The third kappa shape index (κ3) is 2.00. The average Bonchev–Trinajstić information content (AvgIpc) is 2.97. The van der Waals surface area contributed by atoms with Crippen LogP contribution >= 0.6 is 0 Å². The first-order chi connectivity index (χ1) is 11.9. The second-order valence-electron chi connectivity index (χ2n) is 6.57. The predicted molar refractivity (Wildman–Crippen MR) is 101 cm³/mol. The van der Waals surface area contributed by atoms with Crippen LogP contribution in [0.3, 0.4) is 0 Å². The first-order valence-electron chi connectivity index (χ1n) is 8.57. The van der Waals surface area contributed by atoms with Crippen LogP contribution < -0.4 is 0 Å². The summed E-state index contributed by atoms with van der Waals surface area (Å²) in [7, 11) is 0. The zero-order chi connectivity index (χ0) is 15.9. The summed E-state index contributed by atoms with van der Waals surface area (Å²) in [5.74, 6) is 0.447. The minimum absolute atomic E-state index is 0.447. The van der Waals surface area contributed by atoms with Gasteiger partial charge < -0.3 is 0 Å². The van der Waals surface area contributed by atoms with Gasteiger partial charge in [-0.2, -0.15) is 0 Å². The van der Waals surface area contributed by atoms with E-state index in [2.05, 4.69) is 91.0 Å². The molecule has 0 bridgehead atoms. The third-order valence-electron chi connectivity index (χ3n) is 5.27. The summed E-state index contributed by atoms with van der Waals surface area (Å²) >= 11 is 0. The van der Waals surface area contributed by atoms with E-state index in [9.17, 15) is 0 Å². The van der Waals surface area contributed by atoms with E-state index >= 15 is 0 Å². The maximum Gasteiger partial charge on any atom is 0.0142 e. The monoisotopic (exact) mass is 306 g/mol. The highest BCUT2D eigenvalue weighted by atomic mass is 14.3. The molecule has 0 unspecified atom stereocenters. The molecule has 4 aromatic carbocycles. The first kappa shape index (κ1) is 13.6. The molecule has 0 heteroatoms. The molecule has 4 aromatic rings.